The van der Waals surface area contributed by atoms with Gasteiger partial charge in [-0.15, -0.1) is 0 Å². The van der Waals surface area contributed by atoms with Crippen molar-refractivity contribution in [3.8, 4) is 0 Å². The first kappa shape index (κ1) is 9.84. The van der Waals surface area contributed by atoms with Crippen LogP contribution < -0.4 is 0 Å². The summed E-state index contributed by atoms with van der Waals surface area (Å²) in [6.07, 6.45) is 8.42. The van der Waals surface area contributed by atoms with Crippen molar-refractivity contribution in [1.29, 1.82) is 0 Å². The predicted molar refractivity (Wildman–Crippen MR) is 49.0 cm³/mol. The number of allylic oxidation sites excluding steroid dienone is 3. The first-order valence-electron chi connectivity index (χ1n) is 4.39. The van der Waals surface area contributed by atoms with Gasteiger partial charge in [-0.3, -0.25) is 4.79 Å². The third-order valence-corrected chi connectivity index (χ3v) is 1.76. The maximum atomic E-state index is 10.7. The number of esters is 1. The molecule has 0 saturated carbocycles. The van der Waals surface area contributed by atoms with Crippen molar-refractivity contribution in [2.45, 2.75) is 19.3 Å². The van der Waals surface area contributed by atoms with E-state index in [9.17, 15) is 4.79 Å². The van der Waals surface area contributed by atoms with Crippen LogP contribution in [0.4, 0.5) is 0 Å². The van der Waals surface area contributed by atoms with Crippen molar-refractivity contribution >= 4 is 5.97 Å². The molecule has 0 bridgehead atoms. The molecule has 72 valence electrons. The lowest BCUT2D eigenvalue weighted by molar-refractivity contribution is -0.141. The van der Waals surface area contributed by atoms with E-state index in [1.807, 2.05) is 12.2 Å². The maximum Gasteiger partial charge on any atom is 0.308 e. The van der Waals surface area contributed by atoms with Crippen molar-refractivity contribution in [1.82, 2.24) is 0 Å². The minimum atomic E-state index is -0.236. The Hall–Kier alpha value is -1.25. The highest BCUT2D eigenvalue weighted by Gasteiger charge is 2.02. The van der Waals surface area contributed by atoms with Gasteiger partial charge in [0, 0.05) is 0 Å². The molecule has 0 heterocycles. The Kier molecular flexibility index (Phi) is 4.09. The number of hydrogen-bond donors (Lipinski definition) is 0. The maximum absolute atomic E-state index is 10.7. The van der Waals surface area contributed by atoms with Gasteiger partial charge in [-0.25, -0.2) is 0 Å². The zero-order valence-electron chi connectivity index (χ0n) is 7.79. The highest BCUT2D eigenvalue weighted by atomic mass is 16.5. The second kappa shape index (κ2) is 5.41. The van der Waals surface area contributed by atoms with Crippen LogP contribution in [0.1, 0.15) is 19.3 Å². The number of ether oxygens (including phenoxy) is 2. The summed E-state index contributed by atoms with van der Waals surface area (Å²) in [5.41, 5.74) is 0. The fourth-order valence-corrected chi connectivity index (χ4v) is 1.05. The van der Waals surface area contributed by atoms with Crippen LogP contribution in [-0.4, -0.2) is 19.7 Å². The molecule has 1 aliphatic carbocycles. The van der Waals surface area contributed by atoms with Crippen LogP contribution in [-0.2, 0) is 14.3 Å². The molecule has 1 aliphatic rings. The second-order valence-electron chi connectivity index (χ2n) is 2.76. The molecule has 0 fully saturated rings. The monoisotopic (exact) mass is 182 g/mol. The summed E-state index contributed by atoms with van der Waals surface area (Å²) in [5, 5.41) is 0. The van der Waals surface area contributed by atoms with Crippen LogP contribution in [0.5, 0.6) is 0 Å². The van der Waals surface area contributed by atoms with Gasteiger partial charge in [0.1, 0.15) is 5.76 Å². The average Bonchev–Trinajstić information content (AvgIpc) is 2.19. The van der Waals surface area contributed by atoms with Gasteiger partial charge in [-0.2, -0.15) is 0 Å². The van der Waals surface area contributed by atoms with Gasteiger partial charge in [-0.1, -0.05) is 6.08 Å². The molecular weight excluding hydrogens is 168 g/mol. The van der Waals surface area contributed by atoms with Crippen molar-refractivity contribution in [2.75, 3.05) is 13.7 Å². The van der Waals surface area contributed by atoms with Gasteiger partial charge in [0.05, 0.1) is 20.1 Å². The van der Waals surface area contributed by atoms with E-state index in [4.69, 9.17) is 4.74 Å². The minimum absolute atomic E-state index is 0.236. The van der Waals surface area contributed by atoms with Crippen LogP contribution in [0.15, 0.2) is 24.0 Å². The Bertz CT molecular complexity index is 228. The number of methoxy groups -OCH3 is 1. The predicted octanol–water partition coefficient (Wildman–Crippen LogP) is 1.80. The highest BCUT2D eigenvalue weighted by Crippen LogP contribution is 2.10. The summed E-state index contributed by atoms with van der Waals surface area (Å²) in [5.74, 6) is 0.621. The van der Waals surface area contributed by atoms with Crippen molar-refractivity contribution < 1.29 is 14.3 Å². The van der Waals surface area contributed by atoms with E-state index in [0.29, 0.717) is 13.0 Å². The van der Waals surface area contributed by atoms with Gasteiger partial charge in [0.2, 0.25) is 0 Å². The van der Waals surface area contributed by atoms with Crippen molar-refractivity contribution in [2.24, 2.45) is 0 Å². The molecule has 3 nitrogen and oxygen atoms in total. The van der Waals surface area contributed by atoms with Gasteiger partial charge in [-0.05, 0) is 25.0 Å². The zero-order valence-corrected chi connectivity index (χ0v) is 7.79. The fraction of sp³-hybridized carbons (Fsp3) is 0.500. The van der Waals surface area contributed by atoms with Crippen LogP contribution in [0.2, 0.25) is 0 Å². The Balaban J connectivity index is 2.15. The summed E-state index contributed by atoms with van der Waals surface area (Å²) >= 11 is 0. The normalized spacial score (nSPS) is 15.0. The molecule has 0 saturated heterocycles. The number of hydrogen-bond acceptors (Lipinski definition) is 3. The molecule has 0 N–H and O–H groups in total. The van der Waals surface area contributed by atoms with Gasteiger partial charge >= 0.3 is 5.97 Å². The first-order valence-corrected chi connectivity index (χ1v) is 4.39. The van der Waals surface area contributed by atoms with Gasteiger partial charge < -0.3 is 9.47 Å². The van der Waals surface area contributed by atoms with Gasteiger partial charge in [0.15, 0.2) is 0 Å². The van der Waals surface area contributed by atoms with E-state index in [2.05, 4.69) is 10.8 Å². The van der Waals surface area contributed by atoms with E-state index < -0.39 is 0 Å². The van der Waals surface area contributed by atoms with E-state index in [0.717, 1.165) is 18.6 Å². The fourth-order valence-electron chi connectivity index (χ4n) is 1.05. The largest absolute Gasteiger partial charge is 0.493 e. The molecule has 13 heavy (non-hydrogen) atoms. The number of carbonyl (C=O) groups excluding carboxylic acids is 1. The summed E-state index contributed by atoms with van der Waals surface area (Å²) in [6, 6.07) is 0. The second-order valence-corrected chi connectivity index (χ2v) is 2.76. The first-order chi connectivity index (χ1) is 6.33. The lowest BCUT2D eigenvalue weighted by Crippen LogP contribution is -2.05. The van der Waals surface area contributed by atoms with Crippen LogP contribution >= 0.6 is 0 Å². The Labute approximate surface area is 78.0 Å². The summed E-state index contributed by atoms with van der Waals surface area (Å²) in [4.78, 5) is 10.7. The smallest absolute Gasteiger partial charge is 0.308 e. The highest BCUT2D eigenvalue weighted by molar-refractivity contribution is 5.69. The standard InChI is InChI=1S/C10H14O3/c1-12-10(11)7-8-13-9-5-3-2-4-6-9/h3,5-6H,2,4,7-8H2,1H3. The molecular formula is C10H14O3. The lowest BCUT2D eigenvalue weighted by atomic mass is 10.2. The molecule has 0 aromatic carbocycles. The summed E-state index contributed by atoms with van der Waals surface area (Å²) in [7, 11) is 1.38. The van der Waals surface area contributed by atoms with Gasteiger partial charge in [0.25, 0.3) is 0 Å². The number of carbonyl (C=O) groups is 1. The Morgan fingerprint density at radius 3 is 3.00 bits per heavy atom. The topological polar surface area (TPSA) is 35.5 Å². The van der Waals surface area contributed by atoms with E-state index >= 15 is 0 Å². The molecule has 0 spiro atoms. The third kappa shape index (κ3) is 3.78. The average molecular weight is 182 g/mol. The van der Waals surface area contributed by atoms with Crippen molar-refractivity contribution in [3.05, 3.63) is 24.0 Å². The van der Waals surface area contributed by atoms with E-state index in [1.54, 1.807) is 0 Å². The van der Waals surface area contributed by atoms with E-state index in [-0.39, 0.29) is 5.97 Å². The molecule has 0 atom stereocenters. The SMILES string of the molecule is COC(=O)CCOC1=CCCC=C1. The molecule has 0 aromatic rings. The van der Waals surface area contributed by atoms with Crippen LogP contribution in [0, 0.1) is 0 Å². The molecule has 0 aromatic heterocycles. The molecule has 0 radical (unpaired) electrons. The quantitative estimate of drug-likeness (QED) is 0.622. The minimum Gasteiger partial charge on any atom is -0.493 e. The van der Waals surface area contributed by atoms with Crippen LogP contribution in [0.3, 0.4) is 0 Å². The molecule has 0 aliphatic heterocycles. The Morgan fingerprint density at radius 1 is 1.54 bits per heavy atom. The molecule has 3 heteroatoms. The lowest BCUT2D eigenvalue weighted by Gasteiger charge is -2.08. The summed E-state index contributed by atoms with van der Waals surface area (Å²) < 4.78 is 9.81. The Morgan fingerprint density at radius 2 is 2.38 bits per heavy atom. The molecule has 0 amide bonds. The number of rotatable bonds is 4. The van der Waals surface area contributed by atoms with Crippen LogP contribution in [0.25, 0.3) is 0 Å². The molecule has 0 unspecified atom stereocenters. The summed E-state index contributed by atoms with van der Waals surface area (Å²) in [6.45, 7) is 0.392. The zero-order chi connectivity index (χ0) is 9.52. The van der Waals surface area contributed by atoms with Crippen molar-refractivity contribution in [3.63, 3.8) is 0 Å². The molecule has 1 rings (SSSR count). The third-order valence-electron chi connectivity index (χ3n) is 1.76. The van der Waals surface area contributed by atoms with E-state index in [1.165, 1.54) is 7.11 Å².